The standard InChI is InChI=1S/C29H43N5O4/c1-18(9-13-29(4)12-6-7-19-20(29)8-5-11-28(19,2)3)10-14-30-25-22-26(32-16-31-25)34(17-33-22)27-24(37)23(36)21(15-35)38-27/h7,10,16-17,20-21,23-24,27,35-37H,5-6,8-9,11-15H2,1-4H3,(H,30,31,32)/b18-10+/t20-,21-,23?,24?,27-,29?/m1/s1. The Morgan fingerprint density at radius 3 is 2.76 bits per heavy atom. The Bertz CT molecular complexity index is 1210. The molecule has 6 atom stereocenters. The van der Waals surface area contributed by atoms with E-state index in [0.717, 1.165) is 6.42 Å². The van der Waals surface area contributed by atoms with Crippen LogP contribution in [0, 0.1) is 16.7 Å². The van der Waals surface area contributed by atoms with Gasteiger partial charge in [-0.1, -0.05) is 50.5 Å². The molecule has 3 unspecified atom stereocenters. The van der Waals surface area contributed by atoms with Gasteiger partial charge in [-0.3, -0.25) is 4.57 Å². The van der Waals surface area contributed by atoms with Crippen LogP contribution in [0.1, 0.15) is 78.9 Å². The minimum Gasteiger partial charge on any atom is -0.394 e. The molecule has 5 rings (SSSR count). The number of aliphatic hydroxyl groups is 3. The zero-order valence-electron chi connectivity index (χ0n) is 23.1. The number of hydrogen-bond acceptors (Lipinski definition) is 8. The number of aliphatic hydroxyl groups excluding tert-OH is 3. The molecule has 0 spiro atoms. The van der Waals surface area contributed by atoms with Crippen LogP contribution in [0.5, 0.6) is 0 Å². The Labute approximate surface area is 225 Å². The van der Waals surface area contributed by atoms with Crippen molar-refractivity contribution >= 4 is 17.0 Å². The highest BCUT2D eigenvalue weighted by molar-refractivity contribution is 5.82. The minimum absolute atomic E-state index is 0.345. The van der Waals surface area contributed by atoms with Crippen molar-refractivity contribution < 1.29 is 20.1 Å². The van der Waals surface area contributed by atoms with Crippen molar-refractivity contribution in [2.45, 2.75) is 97.2 Å². The molecule has 2 fully saturated rings. The number of rotatable bonds is 8. The molecule has 0 radical (unpaired) electrons. The van der Waals surface area contributed by atoms with E-state index in [-0.39, 0.29) is 6.61 Å². The second-order valence-electron chi connectivity index (χ2n) is 12.4. The second kappa shape index (κ2) is 10.7. The van der Waals surface area contributed by atoms with E-state index in [0.29, 0.717) is 40.3 Å². The van der Waals surface area contributed by atoms with Gasteiger partial charge in [0.1, 0.15) is 24.6 Å². The molecular formula is C29H43N5O4. The van der Waals surface area contributed by atoms with Crippen LogP contribution in [0.25, 0.3) is 11.2 Å². The van der Waals surface area contributed by atoms with E-state index >= 15 is 0 Å². The SMILES string of the molecule is C/C(=C\CNc1ncnc2c1ncn2[C@@H]1O[C@H](CO)C(O)C1O)CCC1(C)CCC=C2[C@H]1CCCC2(C)C. The number of nitrogens with one attached hydrogen (secondary N) is 1. The molecule has 0 bridgehead atoms. The van der Waals surface area contributed by atoms with Crippen LogP contribution in [0.3, 0.4) is 0 Å². The smallest absolute Gasteiger partial charge is 0.167 e. The van der Waals surface area contributed by atoms with E-state index in [4.69, 9.17) is 4.74 Å². The summed E-state index contributed by atoms with van der Waals surface area (Å²) in [6.45, 7) is 9.82. The topological polar surface area (TPSA) is 126 Å². The lowest BCUT2D eigenvalue weighted by Crippen LogP contribution is -2.39. The first-order valence-corrected chi connectivity index (χ1v) is 14.0. The minimum atomic E-state index is -1.20. The molecule has 1 saturated carbocycles. The molecule has 2 aromatic rings. The van der Waals surface area contributed by atoms with Crippen LogP contribution in [0.4, 0.5) is 5.82 Å². The zero-order valence-corrected chi connectivity index (χ0v) is 23.1. The van der Waals surface area contributed by atoms with Crippen LogP contribution in [0.2, 0.25) is 0 Å². The third kappa shape index (κ3) is 5.01. The first kappa shape index (κ1) is 27.2. The average Bonchev–Trinajstić information content (AvgIpc) is 3.44. The average molecular weight is 526 g/mol. The van der Waals surface area contributed by atoms with Gasteiger partial charge in [0.05, 0.1) is 12.9 Å². The third-order valence-electron chi connectivity index (χ3n) is 9.33. The molecule has 208 valence electrons. The summed E-state index contributed by atoms with van der Waals surface area (Å²) in [5, 5.41) is 33.3. The van der Waals surface area contributed by atoms with Gasteiger partial charge in [0.2, 0.25) is 0 Å². The van der Waals surface area contributed by atoms with Crippen molar-refractivity contribution in [3.8, 4) is 0 Å². The van der Waals surface area contributed by atoms with E-state index in [1.807, 2.05) is 0 Å². The number of hydrogen-bond donors (Lipinski definition) is 4. The maximum Gasteiger partial charge on any atom is 0.167 e. The van der Waals surface area contributed by atoms with Crippen molar-refractivity contribution in [1.82, 2.24) is 19.5 Å². The summed E-state index contributed by atoms with van der Waals surface area (Å²) < 4.78 is 7.22. The van der Waals surface area contributed by atoms with Crippen molar-refractivity contribution in [3.63, 3.8) is 0 Å². The van der Waals surface area contributed by atoms with Gasteiger partial charge in [0.25, 0.3) is 0 Å². The van der Waals surface area contributed by atoms with Crippen LogP contribution in [-0.2, 0) is 4.74 Å². The molecule has 38 heavy (non-hydrogen) atoms. The lowest BCUT2D eigenvalue weighted by atomic mass is 9.55. The maximum atomic E-state index is 10.4. The van der Waals surface area contributed by atoms with Gasteiger partial charge in [0, 0.05) is 6.54 Å². The van der Waals surface area contributed by atoms with Crippen LogP contribution < -0.4 is 5.32 Å². The van der Waals surface area contributed by atoms with Crippen molar-refractivity contribution in [1.29, 1.82) is 0 Å². The van der Waals surface area contributed by atoms with Crippen LogP contribution in [-0.4, -0.2) is 66.3 Å². The fraction of sp³-hybridized carbons (Fsp3) is 0.690. The van der Waals surface area contributed by atoms with Crippen molar-refractivity contribution in [2.24, 2.45) is 16.7 Å². The Morgan fingerprint density at radius 2 is 2.00 bits per heavy atom. The molecule has 0 amide bonds. The van der Waals surface area contributed by atoms with Gasteiger partial charge in [-0.15, -0.1) is 0 Å². The molecule has 3 heterocycles. The monoisotopic (exact) mass is 525 g/mol. The number of aromatic nitrogens is 4. The number of nitrogens with zero attached hydrogens (tertiary/aromatic N) is 4. The van der Waals surface area contributed by atoms with Gasteiger partial charge in [-0.25, -0.2) is 15.0 Å². The Morgan fingerprint density at radius 1 is 1.18 bits per heavy atom. The van der Waals surface area contributed by atoms with Gasteiger partial charge in [-0.2, -0.15) is 0 Å². The predicted molar refractivity (Wildman–Crippen MR) is 146 cm³/mol. The maximum absolute atomic E-state index is 10.4. The first-order chi connectivity index (χ1) is 18.1. The Kier molecular flexibility index (Phi) is 7.66. The van der Waals surface area contributed by atoms with Gasteiger partial charge in [0.15, 0.2) is 23.2 Å². The van der Waals surface area contributed by atoms with Gasteiger partial charge >= 0.3 is 0 Å². The highest BCUT2D eigenvalue weighted by Crippen LogP contribution is 2.56. The second-order valence-corrected chi connectivity index (χ2v) is 12.4. The molecule has 1 aliphatic heterocycles. The Balaban J connectivity index is 1.21. The van der Waals surface area contributed by atoms with E-state index in [1.165, 1.54) is 56.8 Å². The largest absolute Gasteiger partial charge is 0.394 e. The summed E-state index contributed by atoms with van der Waals surface area (Å²) in [5.41, 5.74) is 4.84. The molecule has 2 aliphatic carbocycles. The van der Waals surface area contributed by atoms with E-state index in [9.17, 15) is 15.3 Å². The molecule has 9 nitrogen and oxygen atoms in total. The molecule has 3 aliphatic rings. The molecule has 1 saturated heterocycles. The molecule has 2 aromatic heterocycles. The summed E-state index contributed by atoms with van der Waals surface area (Å²) in [5.74, 6) is 1.31. The zero-order chi connectivity index (χ0) is 27.1. The first-order valence-electron chi connectivity index (χ1n) is 14.0. The molecule has 9 heteroatoms. The number of imidazole rings is 1. The lowest BCUT2D eigenvalue weighted by molar-refractivity contribution is -0.0511. The molecule has 0 aromatic carbocycles. The van der Waals surface area contributed by atoms with Gasteiger partial charge in [-0.05, 0) is 62.2 Å². The third-order valence-corrected chi connectivity index (χ3v) is 9.33. The predicted octanol–water partition coefficient (Wildman–Crippen LogP) is 4.13. The normalized spacial score (nSPS) is 33.3. The summed E-state index contributed by atoms with van der Waals surface area (Å²) in [7, 11) is 0. The lowest BCUT2D eigenvalue weighted by Gasteiger charge is -2.50. The highest BCUT2D eigenvalue weighted by atomic mass is 16.6. The van der Waals surface area contributed by atoms with E-state index in [1.54, 1.807) is 10.1 Å². The van der Waals surface area contributed by atoms with E-state index < -0.39 is 24.5 Å². The summed E-state index contributed by atoms with van der Waals surface area (Å²) in [4.78, 5) is 13.1. The van der Waals surface area contributed by atoms with Crippen molar-refractivity contribution in [3.05, 3.63) is 36.0 Å². The Hall–Kier alpha value is -2.33. The molecular weight excluding hydrogens is 482 g/mol. The highest BCUT2D eigenvalue weighted by Gasteiger charge is 2.45. The number of allylic oxidation sites excluding steroid dienone is 3. The number of ether oxygens (including phenoxy) is 1. The fourth-order valence-electron chi connectivity index (χ4n) is 6.88. The summed E-state index contributed by atoms with van der Waals surface area (Å²) >= 11 is 0. The summed E-state index contributed by atoms with van der Waals surface area (Å²) in [6.07, 6.45) is 12.4. The van der Waals surface area contributed by atoms with Crippen LogP contribution >= 0.6 is 0 Å². The van der Waals surface area contributed by atoms with E-state index in [2.05, 4.69) is 60.1 Å². The molecule has 4 N–H and O–H groups in total. The fourth-order valence-corrected chi connectivity index (χ4v) is 6.88. The number of fused-ring (bicyclic) bond motifs is 2. The van der Waals surface area contributed by atoms with Gasteiger partial charge < -0.3 is 25.4 Å². The number of anilines is 1. The van der Waals surface area contributed by atoms with Crippen molar-refractivity contribution in [2.75, 3.05) is 18.5 Å². The van der Waals surface area contributed by atoms with Crippen LogP contribution in [0.15, 0.2) is 36.0 Å². The summed E-state index contributed by atoms with van der Waals surface area (Å²) in [6, 6.07) is 0. The quantitative estimate of drug-likeness (QED) is 0.379.